The topological polar surface area (TPSA) is 44.9 Å². The van der Waals surface area contributed by atoms with Gasteiger partial charge in [-0.25, -0.2) is 0 Å². The number of nitrogens with zero attached hydrogens (tertiary/aromatic N) is 2. The zero-order chi connectivity index (χ0) is 19.7. The number of aliphatic hydroxyl groups is 1. The molecule has 2 aliphatic rings. The number of benzene rings is 2. The van der Waals surface area contributed by atoms with Crippen LogP contribution in [0.1, 0.15) is 36.8 Å². The van der Waals surface area contributed by atoms with Gasteiger partial charge in [0.15, 0.2) is 18.0 Å². The van der Waals surface area contributed by atoms with Crippen molar-refractivity contribution in [3.8, 4) is 11.5 Å². The van der Waals surface area contributed by atoms with Crippen LogP contribution in [0.25, 0.3) is 0 Å². The summed E-state index contributed by atoms with van der Waals surface area (Å²) >= 11 is 0. The molecule has 5 heteroatoms. The fourth-order valence-corrected chi connectivity index (χ4v) is 4.37. The van der Waals surface area contributed by atoms with Gasteiger partial charge in [0.2, 0.25) is 0 Å². The third-order valence-electron chi connectivity index (χ3n) is 5.87. The number of ether oxygens (including phenoxy) is 2. The molecule has 5 nitrogen and oxygen atoms in total. The third kappa shape index (κ3) is 3.14. The Morgan fingerprint density at radius 2 is 1.79 bits per heavy atom. The first-order valence-corrected chi connectivity index (χ1v) is 9.99. The molecular weight excluding hydrogens is 352 g/mol. The highest BCUT2D eigenvalue weighted by atomic mass is 16.5. The Bertz CT molecular complexity index is 891. The van der Waals surface area contributed by atoms with Crippen molar-refractivity contribution in [2.75, 3.05) is 32.2 Å². The van der Waals surface area contributed by atoms with E-state index in [9.17, 15) is 5.11 Å². The second-order valence-electron chi connectivity index (χ2n) is 7.70. The highest BCUT2D eigenvalue weighted by Gasteiger charge is 2.54. The summed E-state index contributed by atoms with van der Waals surface area (Å²) in [5, 5.41) is 12.0. The number of hydrogen-bond acceptors (Lipinski definition) is 4. The molecular formula is C23H29N2O3+. The van der Waals surface area contributed by atoms with Crippen molar-refractivity contribution in [1.82, 2.24) is 0 Å². The molecule has 4 rings (SSSR count). The van der Waals surface area contributed by atoms with E-state index in [2.05, 4.69) is 28.5 Å². The number of hydrogen-bond donors (Lipinski definition) is 1. The van der Waals surface area contributed by atoms with Crippen LogP contribution in [0.15, 0.2) is 42.5 Å². The Labute approximate surface area is 166 Å². The number of anilines is 1. The minimum absolute atomic E-state index is 0.556. The van der Waals surface area contributed by atoms with Gasteiger partial charge in [0, 0.05) is 18.1 Å². The second kappa shape index (κ2) is 7.47. The molecule has 0 spiro atoms. The van der Waals surface area contributed by atoms with Crippen molar-refractivity contribution < 1.29 is 19.2 Å². The lowest BCUT2D eigenvalue weighted by Crippen LogP contribution is -2.47. The number of aryl methyl sites for hydroxylation is 1. The monoisotopic (exact) mass is 381 g/mol. The molecule has 2 aliphatic heterocycles. The highest BCUT2D eigenvalue weighted by Crippen LogP contribution is 2.43. The first-order chi connectivity index (χ1) is 13.6. The quantitative estimate of drug-likeness (QED) is 0.821. The van der Waals surface area contributed by atoms with E-state index < -0.39 is 5.72 Å². The molecule has 0 saturated heterocycles. The molecule has 0 amide bonds. The number of methoxy groups -OCH3 is 2. The Hall–Kier alpha value is -2.53. The van der Waals surface area contributed by atoms with Crippen LogP contribution in [-0.2, 0) is 5.72 Å². The summed E-state index contributed by atoms with van der Waals surface area (Å²) in [6, 6.07) is 14.0. The average molecular weight is 381 g/mol. The van der Waals surface area contributed by atoms with Gasteiger partial charge in [-0.1, -0.05) is 29.8 Å². The predicted octanol–water partition coefficient (Wildman–Crippen LogP) is 3.66. The summed E-state index contributed by atoms with van der Waals surface area (Å²) < 4.78 is 13.4. The Morgan fingerprint density at radius 1 is 1.00 bits per heavy atom. The predicted molar refractivity (Wildman–Crippen MR) is 111 cm³/mol. The van der Waals surface area contributed by atoms with Crippen LogP contribution in [0, 0.1) is 6.92 Å². The lowest BCUT2D eigenvalue weighted by molar-refractivity contribution is -0.534. The summed E-state index contributed by atoms with van der Waals surface area (Å²) in [5.74, 6) is 2.61. The standard InChI is InChI=1S/C23H29N2O3/c1-17-8-10-18(11-9-17)23(26)16-24-14-6-4-5-7-22(24)25(23)20-13-12-19(27-2)15-21(20)28-3/h8-13,15,26H,4-7,14,16H2,1-3H3/q+1/t23-/m0/s1. The first kappa shape index (κ1) is 18.8. The minimum atomic E-state index is -1.14. The van der Waals surface area contributed by atoms with E-state index in [1.165, 1.54) is 17.8 Å². The average Bonchev–Trinajstić information content (AvgIpc) is 2.84. The summed E-state index contributed by atoms with van der Waals surface area (Å²) in [6.07, 6.45) is 4.45. The van der Waals surface area contributed by atoms with Gasteiger partial charge >= 0.3 is 0 Å². The molecule has 0 aromatic heterocycles. The largest absolute Gasteiger partial charge is 0.497 e. The maximum Gasteiger partial charge on any atom is 0.275 e. The molecule has 0 radical (unpaired) electrons. The molecule has 0 bridgehead atoms. The molecule has 0 saturated carbocycles. The third-order valence-corrected chi connectivity index (χ3v) is 5.87. The molecule has 0 fully saturated rings. The van der Waals surface area contributed by atoms with Gasteiger partial charge in [0.05, 0.1) is 20.8 Å². The van der Waals surface area contributed by atoms with Gasteiger partial charge in [-0.3, -0.25) is 4.58 Å². The van der Waals surface area contributed by atoms with Gasteiger partial charge in [-0.05, 0) is 38.3 Å². The second-order valence-corrected chi connectivity index (χ2v) is 7.70. The molecule has 28 heavy (non-hydrogen) atoms. The Kier molecular flexibility index (Phi) is 5.02. The van der Waals surface area contributed by atoms with E-state index in [4.69, 9.17) is 9.47 Å². The molecule has 1 atom stereocenters. The summed E-state index contributed by atoms with van der Waals surface area (Å²) in [7, 11) is 3.31. The summed E-state index contributed by atoms with van der Waals surface area (Å²) in [4.78, 5) is 2.08. The van der Waals surface area contributed by atoms with Gasteiger partial charge in [0.1, 0.15) is 5.75 Å². The van der Waals surface area contributed by atoms with Crippen molar-refractivity contribution in [1.29, 1.82) is 0 Å². The van der Waals surface area contributed by atoms with Crippen molar-refractivity contribution in [3.05, 3.63) is 53.6 Å². The lowest BCUT2D eigenvalue weighted by Gasteiger charge is -2.30. The van der Waals surface area contributed by atoms with Crippen LogP contribution >= 0.6 is 0 Å². The minimum Gasteiger partial charge on any atom is -0.497 e. The number of rotatable bonds is 4. The molecule has 148 valence electrons. The van der Waals surface area contributed by atoms with Crippen LogP contribution in [-0.4, -0.2) is 42.8 Å². The van der Waals surface area contributed by atoms with E-state index in [1.54, 1.807) is 14.2 Å². The molecule has 2 aromatic carbocycles. The van der Waals surface area contributed by atoms with E-state index in [0.29, 0.717) is 12.3 Å². The zero-order valence-electron chi connectivity index (χ0n) is 16.9. The van der Waals surface area contributed by atoms with E-state index >= 15 is 0 Å². The smallest absolute Gasteiger partial charge is 0.275 e. The van der Waals surface area contributed by atoms with Crippen molar-refractivity contribution in [2.24, 2.45) is 0 Å². The number of amidine groups is 1. The molecule has 2 aromatic rings. The zero-order valence-corrected chi connectivity index (χ0v) is 16.9. The van der Waals surface area contributed by atoms with E-state index in [-0.39, 0.29) is 0 Å². The van der Waals surface area contributed by atoms with E-state index in [0.717, 1.165) is 42.8 Å². The van der Waals surface area contributed by atoms with Crippen LogP contribution < -0.4 is 14.4 Å². The van der Waals surface area contributed by atoms with E-state index in [1.807, 2.05) is 30.3 Å². The van der Waals surface area contributed by atoms with Crippen molar-refractivity contribution >= 4 is 11.5 Å². The fourth-order valence-electron chi connectivity index (χ4n) is 4.37. The molecule has 1 N–H and O–H groups in total. The Balaban J connectivity index is 1.87. The lowest BCUT2D eigenvalue weighted by atomic mass is 9.98. The Morgan fingerprint density at radius 3 is 2.50 bits per heavy atom. The normalized spacial score (nSPS) is 22.1. The van der Waals surface area contributed by atoms with Crippen LogP contribution in [0.2, 0.25) is 0 Å². The molecule has 2 heterocycles. The first-order valence-electron chi connectivity index (χ1n) is 9.99. The maximum atomic E-state index is 12.0. The summed E-state index contributed by atoms with van der Waals surface area (Å²) in [5.41, 5.74) is 1.81. The SMILES string of the molecule is COc1ccc(N2C3=[N+](CCCCC3)C[C@]2(O)c2ccc(C)cc2)c(OC)c1. The van der Waals surface area contributed by atoms with Gasteiger partial charge < -0.3 is 14.6 Å². The van der Waals surface area contributed by atoms with Crippen LogP contribution in [0.4, 0.5) is 5.69 Å². The maximum absolute atomic E-state index is 12.0. The van der Waals surface area contributed by atoms with Crippen LogP contribution in [0.5, 0.6) is 11.5 Å². The fraction of sp³-hybridized carbons (Fsp3) is 0.435. The van der Waals surface area contributed by atoms with Gasteiger partial charge in [0.25, 0.3) is 11.6 Å². The van der Waals surface area contributed by atoms with Gasteiger partial charge in [-0.2, -0.15) is 4.90 Å². The highest BCUT2D eigenvalue weighted by molar-refractivity contribution is 5.98. The van der Waals surface area contributed by atoms with Crippen molar-refractivity contribution in [2.45, 2.75) is 38.3 Å². The molecule has 0 aliphatic carbocycles. The summed E-state index contributed by atoms with van der Waals surface area (Å²) in [6.45, 7) is 3.59. The molecule has 0 unspecified atom stereocenters. The van der Waals surface area contributed by atoms with Gasteiger partial charge in [-0.15, -0.1) is 0 Å². The van der Waals surface area contributed by atoms with Crippen molar-refractivity contribution in [3.63, 3.8) is 0 Å². The van der Waals surface area contributed by atoms with Crippen LogP contribution in [0.3, 0.4) is 0 Å².